The molecule has 0 atom stereocenters. The molecule has 2 aromatic heterocycles. The number of hydrogen-bond acceptors (Lipinski definition) is 5. The van der Waals surface area contributed by atoms with Crippen molar-refractivity contribution in [3.05, 3.63) is 33.3 Å². The van der Waals surface area contributed by atoms with Gasteiger partial charge in [-0.2, -0.15) is 0 Å². The molecule has 0 saturated carbocycles. The number of carboxylic acid groups (broad SMARTS) is 1. The first kappa shape index (κ1) is 15.7. The Hall–Kier alpha value is -2.22. The van der Waals surface area contributed by atoms with E-state index in [2.05, 4.69) is 10.3 Å². The fraction of sp³-hybridized carbons (Fsp3) is 0.467. The van der Waals surface area contributed by atoms with Crippen molar-refractivity contribution in [3.63, 3.8) is 0 Å². The number of likely N-dealkylation sites (tertiary alicyclic amines) is 1. The quantitative estimate of drug-likeness (QED) is 0.929. The third-order valence-corrected chi connectivity index (χ3v) is 5.23. The molecule has 3 heterocycles. The monoisotopic (exact) mass is 334 g/mol. The van der Waals surface area contributed by atoms with Crippen molar-refractivity contribution < 1.29 is 14.7 Å². The molecule has 0 spiro atoms. The molecule has 1 fully saturated rings. The number of rotatable bonds is 3. The normalized spacial score (nSPS) is 15.8. The molecule has 1 amide bonds. The summed E-state index contributed by atoms with van der Waals surface area (Å²) in [7, 11) is 0. The molecular formula is C15H18N4O3S. The zero-order chi connectivity index (χ0) is 16.6. The Balaban J connectivity index is 1.65. The average Bonchev–Trinajstić information content (AvgIpc) is 3.13. The highest BCUT2D eigenvalue weighted by Gasteiger charge is 2.27. The minimum Gasteiger partial charge on any atom is -0.476 e. The van der Waals surface area contributed by atoms with Crippen LogP contribution in [-0.2, 0) is 0 Å². The number of nitrogens with zero attached hydrogens (tertiary/aromatic N) is 4. The van der Waals surface area contributed by atoms with Gasteiger partial charge in [0.1, 0.15) is 0 Å². The molecule has 1 N–H and O–H groups in total. The van der Waals surface area contributed by atoms with Gasteiger partial charge in [0.25, 0.3) is 5.91 Å². The molecular weight excluding hydrogens is 316 g/mol. The fourth-order valence-corrected chi connectivity index (χ4v) is 3.88. The molecule has 0 radical (unpaired) electrons. The smallest absolute Gasteiger partial charge is 0.358 e. The molecule has 0 aromatic carbocycles. The second kappa shape index (κ2) is 6.11. The highest BCUT2D eigenvalue weighted by Crippen LogP contribution is 2.27. The molecule has 1 saturated heterocycles. The van der Waals surface area contributed by atoms with Crippen LogP contribution in [0.4, 0.5) is 0 Å². The van der Waals surface area contributed by atoms with E-state index in [1.54, 1.807) is 4.68 Å². The first-order valence-corrected chi connectivity index (χ1v) is 8.29. The molecule has 1 aliphatic rings. The number of carboxylic acids is 1. The lowest BCUT2D eigenvalue weighted by Gasteiger charge is -2.31. The first-order valence-electron chi connectivity index (χ1n) is 7.47. The van der Waals surface area contributed by atoms with Gasteiger partial charge in [-0.25, -0.2) is 9.48 Å². The van der Waals surface area contributed by atoms with Crippen LogP contribution in [0.15, 0.2) is 12.3 Å². The van der Waals surface area contributed by atoms with E-state index in [4.69, 9.17) is 5.11 Å². The van der Waals surface area contributed by atoms with Crippen LogP contribution in [0.5, 0.6) is 0 Å². The number of piperidine rings is 1. The Bertz CT molecular complexity index is 744. The van der Waals surface area contributed by atoms with Crippen LogP contribution in [0.3, 0.4) is 0 Å². The molecule has 0 unspecified atom stereocenters. The Kier molecular flexibility index (Phi) is 4.16. The summed E-state index contributed by atoms with van der Waals surface area (Å²) >= 11 is 1.54. The number of thiophene rings is 1. The van der Waals surface area contributed by atoms with Gasteiger partial charge in [-0.3, -0.25) is 4.79 Å². The van der Waals surface area contributed by atoms with E-state index < -0.39 is 5.97 Å². The second-order valence-electron chi connectivity index (χ2n) is 5.78. The highest BCUT2D eigenvalue weighted by atomic mass is 32.1. The molecule has 23 heavy (non-hydrogen) atoms. The summed E-state index contributed by atoms with van der Waals surface area (Å²) in [4.78, 5) is 27.3. The maximum Gasteiger partial charge on any atom is 0.358 e. The summed E-state index contributed by atoms with van der Waals surface area (Å²) in [6, 6.07) is 2.12. The summed E-state index contributed by atoms with van der Waals surface area (Å²) in [5, 5.41) is 16.4. The van der Waals surface area contributed by atoms with Crippen LogP contribution >= 0.6 is 11.3 Å². The number of amides is 1. The summed E-state index contributed by atoms with van der Waals surface area (Å²) < 4.78 is 1.60. The van der Waals surface area contributed by atoms with Gasteiger partial charge >= 0.3 is 5.97 Å². The third kappa shape index (κ3) is 3.12. The molecule has 0 aliphatic carbocycles. The van der Waals surface area contributed by atoms with Crippen molar-refractivity contribution in [2.45, 2.75) is 32.7 Å². The van der Waals surface area contributed by atoms with Gasteiger partial charge in [0.2, 0.25) is 0 Å². The van der Waals surface area contributed by atoms with Crippen molar-refractivity contribution in [3.8, 4) is 0 Å². The number of aromatic carboxylic acids is 1. The first-order chi connectivity index (χ1) is 11.0. The Morgan fingerprint density at radius 3 is 2.52 bits per heavy atom. The minimum absolute atomic E-state index is 0.0480. The summed E-state index contributed by atoms with van der Waals surface area (Å²) in [5.74, 6) is -0.990. The van der Waals surface area contributed by atoms with Gasteiger partial charge in [-0.05, 0) is 38.3 Å². The molecule has 0 bridgehead atoms. The van der Waals surface area contributed by atoms with Crippen molar-refractivity contribution in [1.29, 1.82) is 0 Å². The number of hydrogen-bond donors (Lipinski definition) is 1. The zero-order valence-electron chi connectivity index (χ0n) is 13.0. The summed E-state index contributed by atoms with van der Waals surface area (Å²) in [5.41, 5.74) is 0.982. The number of aromatic nitrogens is 3. The van der Waals surface area contributed by atoms with Crippen molar-refractivity contribution in [2.24, 2.45) is 0 Å². The van der Waals surface area contributed by atoms with E-state index in [0.29, 0.717) is 13.1 Å². The molecule has 3 rings (SSSR count). The van der Waals surface area contributed by atoms with E-state index >= 15 is 0 Å². The van der Waals surface area contributed by atoms with Gasteiger partial charge in [-0.1, -0.05) is 5.21 Å². The standard InChI is InChI=1S/C15H18N4O3S/c1-9-7-10(2)23-13(9)14(20)18-5-3-11(4-6-18)19-8-12(15(21)22)16-17-19/h7-8,11H,3-6H2,1-2H3,(H,21,22). The largest absolute Gasteiger partial charge is 0.476 e. The van der Waals surface area contributed by atoms with E-state index in [0.717, 1.165) is 28.2 Å². The maximum atomic E-state index is 12.6. The number of carbonyl (C=O) groups excluding carboxylic acids is 1. The van der Waals surface area contributed by atoms with Gasteiger partial charge < -0.3 is 10.0 Å². The second-order valence-corrected chi connectivity index (χ2v) is 7.04. The average molecular weight is 334 g/mol. The van der Waals surface area contributed by atoms with Crippen molar-refractivity contribution in [2.75, 3.05) is 13.1 Å². The number of carbonyl (C=O) groups is 2. The molecule has 122 valence electrons. The lowest BCUT2D eigenvalue weighted by atomic mass is 10.0. The highest BCUT2D eigenvalue weighted by molar-refractivity contribution is 7.14. The Morgan fingerprint density at radius 1 is 1.30 bits per heavy atom. The predicted octanol–water partition coefficient (Wildman–Crippen LogP) is 2.13. The predicted molar refractivity (Wildman–Crippen MR) is 84.9 cm³/mol. The van der Waals surface area contributed by atoms with Crippen molar-refractivity contribution in [1.82, 2.24) is 19.9 Å². The van der Waals surface area contributed by atoms with Crippen molar-refractivity contribution >= 4 is 23.2 Å². The topological polar surface area (TPSA) is 88.3 Å². The zero-order valence-corrected chi connectivity index (χ0v) is 13.8. The minimum atomic E-state index is -1.08. The SMILES string of the molecule is Cc1cc(C)c(C(=O)N2CCC(n3cc(C(=O)O)nn3)CC2)s1. The third-order valence-electron chi connectivity index (χ3n) is 4.09. The van der Waals surface area contributed by atoms with Crippen LogP contribution in [0, 0.1) is 13.8 Å². The van der Waals surface area contributed by atoms with Gasteiger partial charge in [-0.15, -0.1) is 16.4 Å². The molecule has 7 nitrogen and oxygen atoms in total. The maximum absolute atomic E-state index is 12.6. The summed E-state index contributed by atoms with van der Waals surface area (Å²) in [6.07, 6.45) is 2.95. The van der Waals surface area contributed by atoms with Gasteiger partial charge in [0, 0.05) is 18.0 Å². The van der Waals surface area contributed by atoms with Gasteiger partial charge in [0.15, 0.2) is 5.69 Å². The lowest BCUT2D eigenvalue weighted by molar-refractivity contribution is 0.0685. The Labute approximate surface area is 137 Å². The van der Waals surface area contributed by atoms with Gasteiger partial charge in [0.05, 0.1) is 17.1 Å². The fourth-order valence-electron chi connectivity index (χ4n) is 2.88. The van der Waals surface area contributed by atoms with Crippen LogP contribution in [0.2, 0.25) is 0 Å². The van der Waals surface area contributed by atoms with Crippen LogP contribution in [-0.4, -0.2) is 50.0 Å². The van der Waals surface area contributed by atoms with Crippen LogP contribution in [0.1, 0.15) is 49.5 Å². The van der Waals surface area contributed by atoms with Crippen LogP contribution in [0.25, 0.3) is 0 Å². The van der Waals surface area contributed by atoms with E-state index in [1.807, 2.05) is 24.8 Å². The van der Waals surface area contributed by atoms with Crippen LogP contribution < -0.4 is 0 Å². The molecule has 8 heteroatoms. The Morgan fingerprint density at radius 2 is 2.00 bits per heavy atom. The molecule has 2 aromatic rings. The van der Waals surface area contributed by atoms with E-state index in [1.165, 1.54) is 17.5 Å². The lowest BCUT2D eigenvalue weighted by Crippen LogP contribution is -2.39. The van der Waals surface area contributed by atoms with E-state index in [-0.39, 0.29) is 17.6 Å². The van der Waals surface area contributed by atoms with E-state index in [9.17, 15) is 9.59 Å². The number of aryl methyl sites for hydroxylation is 2. The molecule has 1 aliphatic heterocycles. The summed E-state index contributed by atoms with van der Waals surface area (Å²) in [6.45, 7) is 5.25.